The Bertz CT molecular complexity index is 911. The van der Waals surface area contributed by atoms with Crippen LogP contribution in [0.3, 0.4) is 0 Å². The van der Waals surface area contributed by atoms with Gasteiger partial charge in [0.15, 0.2) is 0 Å². The van der Waals surface area contributed by atoms with E-state index in [9.17, 15) is 0 Å². The number of rotatable bonds is 64. The lowest BCUT2D eigenvalue weighted by Crippen LogP contribution is -2.38. The van der Waals surface area contributed by atoms with E-state index in [4.69, 9.17) is 51.6 Å². The Labute approximate surface area is 457 Å². The lowest BCUT2D eigenvalue weighted by molar-refractivity contribution is 0.180. The highest BCUT2D eigenvalue weighted by Crippen LogP contribution is 2.08. The summed E-state index contributed by atoms with van der Waals surface area (Å²) < 4.78 is 0. The number of hydrogen-bond acceptors (Lipinski definition) is 19. The van der Waals surface area contributed by atoms with Crippen molar-refractivity contribution in [2.75, 3.05) is 236 Å². The van der Waals surface area contributed by atoms with E-state index in [0.29, 0.717) is 0 Å². The van der Waals surface area contributed by atoms with Gasteiger partial charge in [-0.25, -0.2) is 0 Å². The molecule has 21 N–H and O–H groups in total. The summed E-state index contributed by atoms with van der Waals surface area (Å²) in [5.41, 5.74) is 53.1. The number of nitrogens with two attached hydrogens (primary N) is 9. The molecule has 0 saturated carbocycles. The average Bonchev–Trinajstić information content (AvgIpc) is 3.41. The molecule has 0 aromatic rings. The molecule has 0 aliphatic heterocycles. The van der Waals surface area contributed by atoms with E-state index in [1.165, 1.54) is 51.4 Å². The third kappa shape index (κ3) is 49.5. The second kappa shape index (κ2) is 59.9. The molecule has 0 spiro atoms. The maximum absolute atomic E-state index is 5.94. The molecule has 0 fully saturated rings. The van der Waals surface area contributed by atoms with Crippen molar-refractivity contribution in [1.29, 1.82) is 0 Å². The first kappa shape index (κ1) is 73.2. The van der Waals surface area contributed by atoms with Crippen LogP contribution in [0, 0.1) is 0 Å². The van der Waals surface area contributed by atoms with Gasteiger partial charge in [0.1, 0.15) is 0 Å². The molecule has 0 amide bonds. The minimum Gasteiger partial charge on any atom is -0.330 e. The van der Waals surface area contributed by atoms with Crippen molar-refractivity contribution in [3.8, 4) is 0 Å². The number of hydrogen-bond donors (Lipinski definition) is 12. The summed E-state index contributed by atoms with van der Waals surface area (Å²) in [6.45, 7) is 36.2. The molecule has 0 saturated heterocycles. The quantitative estimate of drug-likeness (QED) is 0.0355. The van der Waals surface area contributed by atoms with Gasteiger partial charge in [-0.05, 0) is 358 Å². The molecule has 0 aromatic carbocycles. The van der Waals surface area contributed by atoms with Crippen LogP contribution in [-0.4, -0.2) is 270 Å². The first-order chi connectivity index (χ1) is 36.4. The molecule has 0 aliphatic rings. The van der Waals surface area contributed by atoms with Gasteiger partial charge in [0.25, 0.3) is 0 Å². The standard InChI is InChI=1S/C55H131N19/c56-20-3-30-66-32-13-34-67-33-12-31-65-29-1-2-35-68(44-14-50-73(52-16-46-69(36-4-21-57)37-5-22-58)53-17-47-70(38-6-23-59)39-7-24-60)45-15-51-74(54-18-48-71(40-8-25-61)41-9-26-62)55-19-49-72(42-10-27-63)43-11-28-64/h65-67H,1-64H2. The molecule has 0 bridgehead atoms. The Morgan fingerprint density at radius 3 is 0.486 bits per heavy atom. The SMILES string of the molecule is NCCCNCCCNCCCNCCCCN(CCCN(CCCN(CCCN)CCCN)CCCN(CCCN)CCCN)CCCN(CCCN(CCCN)CCCN)CCCN(CCCN)CCCN. The van der Waals surface area contributed by atoms with Gasteiger partial charge < -0.3 is 102 Å². The topological polar surface area (TPSA) is 293 Å². The van der Waals surface area contributed by atoms with E-state index in [1.807, 2.05) is 0 Å². The maximum atomic E-state index is 5.94. The Balaban J connectivity index is 5.90. The van der Waals surface area contributed by atoms with Gasteiger partial charge in [-0.15, -0.1) is 0 Å². The third-order valence-corrected chi connectivity index (χ3v) is 14.2. The molecule has 19 heteroatoms. The maximum Gasteiger partial charge on any atom is -0.000653 e. The number of nitrogens with zero attached hydrogens (tertiary/aromatic N) is 7. The summed E-state index contributed by atoms with van der Waals surface area (Å²) in [4.78, 5) is 18.7. The molecule has 19 nitrogen and oxygen atoms in total. The van der Waals surface area contributed by atoms with Crippen LogP contribution in [0.2, 0.25) is 0 Å². The van der Waals surface area contributed by atoms with Gasteiger partial charge in [0.05, 0.1) is 0 Å². The van der Waals surface area contributed by atoms with E-state index >= 15 is 0 Å². The average molecular weight is 1060 g/mol. The lowest BCUT2D eigenvalue weighted by Gasteiger charge is -2.30. The predicted octanol–water partition coefficient (Wildman–Crippen LogP) is -0.0906. The summed E-state index contributed by atoms with van der Waals surface area (Å²) >= 11 is 0. The third-order valence-electron chi connectivity index (χ3n) is 14.2. The summed E-state index contributed by atoms with van der Waals surface area (Å²) in [7, 11) is 0. The highest BCUT2D eigenvalue weighted by Gasteiger charge is 2.15. The van der Waals surface area contributed by atoms with Gasteiger partial charge in [0, 0.05) is 0 Å². The first-order valence-electron chi connectivity index (χ1n) is 30.9. The molecular formula is C55H131N19. The summed E-state index contributed by atoms with van der Waals surface area (Å²) in [5, 5.41) is 10.8. The van der Waals surface area contributed by atoms with Gasteiger partial charge >= 0.3 is 0 Å². The molecule has 0 aromatic heterocycles. The molecule has 0 radical (unpaired) electrons. The van der Waals surface area contributed by atoms with Crippen LogP contribution in [-0.2, 0) is 0 Å². The van der Waals surface area contributed by atoms with Crippen molar-refractivity contribution in [2.24, 2.45) is 51.6 Å². The van der Waals surface area contributed by atoms with Crippen LogP contribution in [0.4, 0.5) is 0 Å². The highest BCUT2D eigenvalue weighted by molar-refractivity contribution is 4.71. The fraction of sp³-hybridized carbons (Fsp3) is 1.00. The molecule has 0 unspecified atom stereocenters. The smallest absolute Gasteiger partial charge is 0.000653 e. The summed E-state index contributed by atoms with van der Waals surface area (Å²) in [5.74, 6) is 0. The van der Waals surface area contributed by atoms with Crippen LogP contribution in [0.15, 0.2) is 0 Å². The van der Waals surface area contributed by atoms with E-state index in [1.54, 1.807) is 0 Å². The second-order valence-electron chi connectivity index (χ2n) is 21.0. The van der Waals surface area contributed by atoms with Crippen molar-refractivity contribution in [2.45, 2.75) is 122 Å². The molecule has 0 aliphatic carbocycles. The molecule has 0 atom stereocenters. The van der Waals surface area contributed by atoms with Crippen LogP contribution in [0.1, 0.15) is 122 Å². The molecule has 0 rings (SSSR count). The van der Waals surface area contributed by atoms with Gasteiger partial charge in [-0.2, -0.15) is 0 Å². The largest absolute Gasteiger partial charge is 0.330 e. The molecule has 0 heterocycles. The van der Waals surface area contributed by atoms with Crippen LogP contribution in [0.25, 0.3) is 0 Å². The summed E-state index contributed by atoms with van der Waals surface area (Å²) in [6.07, 6.45) is 21.2. The predicted molar refractivity (Wildman–Crippen MR) is 323 cm³/mol. The van der Waals surface area contributed by atoms with Crippen LogP contribution >= 0.6 is 0 Å². The Kier molecular flexibility index (Phi) is 59.3. The minimum atomic E-state index is 0.738. The van der Waals surface area contributed by atoms with Gasteiger partial charge in [-0.1, -0.05) is 0 Å². The fourth-order valence-corrected chi connectivity index (χ4v) is 9.84. The first-order valence-corrected chi connectivity index (χ1v) is 30.9. The lowest BCUT2D eigenvalue weighted by atomic mass is 10.2. The Morgan fingerprint density at radius 2 is 0.297 bits per heavy atom. The zero-order chi connectivity index (χ0) is 54.1. The minimum absolute atomic E-state index is 0.738. The fourth-order valence-electron chi connectivity index (χ4n) is 9.84. The zero-order valence-electron chi connectivity index (χ0n) is 48.7. The van der Waals surface area contributed by atoms with E-state index in [-0.39, 0.29) is 0 Å². The monoisotopic (exact) mass is 1060 g/mol. The second-order valence-corrected chi connectivity index (χ2v) is 21.0. The Hall–Kier alpha value is -0.760. The van der Waals surface area contributed by atoms with Crippen molar-refractivity contribution >= 4 is 0 Å². The van der Waals surface area contributed by atoms with Crippen molar-refractivity contribution in [3.05, 3.63) is 0 Å². The molecule has 446 valence electrons. The van der Waals surface area contributed by atoms with E-state index < -0.39 is 0 Å². The van der Waals surface area contributed by atoms with E-state index in [0.717, 1.165) is 306 Å². The zero-order valence-corrected chi connectivity index (χ0v) is 48.7. The molecular weight excluding hydrogens is 927 g/mol. The number of nitrogens with one attached hydrogen (secondary N) is 3. The van der Waals surface area contributed by atoms with Crippen molar-refractivity contribution in [1.82, 2.24) is 50.2 Å². The highest BCUT2D eigenvalue weighted by atomic mass is 15.2. The van der Waals surface area contributed by atoms with E-state index in [2.05, 4.69) is 50.2 Å². The number of unbranched alkanes of at least 4 members (excludes halogenated alkanes) is 1. The van der Waals surface area contributed by atoms with Crippen molar-refractivity contribution < 1.29 is 0 Å². The van der Waals surface area contributed by atoms with Gasteiger partial charge in [0.2, 0.25) is 0 Å². The van der Waals surface area contributed by atoms with Crippen molar-refractivity contribution in [3.63, 3.8) is 0 Å². The molecule has 74 heavy (non-hydrogen) atoms. The van der Waals surface area contributed by atoms with Gasteiger partial charge in [-0.3, -0.25) is 0 Å². The Morgan fingerprint density at radius 1 is 0.149 bits per heavy atom. The van der Waals surface area contributed by atoms with Crippen LogP contribution in [0.5, 0.6) is 0 Å². The summed E-state index contributed by atoms with van der Waals surface area (Å²) in [6, 6.07) is 0. The normalized spacial score (nSPS) is 12.3. The van der Waals surface area contributed by atoms with Crippen LogP contribution < -0.4 is 67.6 Å².